The fraction of sp³-hybridized carbons (Fsp3) is 0.381. The van der Waals surface area contributed by atoms with Crippen LogP contribution in [0.25, 0.3) is 0 Å². The van der Waals surface area contributed by atoms with Crippen molar-refractivity contribution in [3.8, 4) is 23.0 Å². The van der Waals surface area contributed by atoms with Crippen LogP contribution in [-0.2, 0) is 6.54 Å². The van der Waals surface area contributed by atoms with Gasteiger partial charge in [-0.2, -0.15) is 5.10 Å². The van der Waals surface area contributed by atoms with Gasteiger partial charge < -0.3 is 24.4 Å². The molecule has 0 unspecified atom stereocenters. The molecule has 0 heterocycles. The number of methoxy groups -OCH3 is 2. The average molecular weight is 407 g/mol. The minimum atomic E-state index is -0.000576. The van der Waals surface area contributed by atoms with Crippen LogP contribution in [-0.4, -0.2) is 33.1 Å². The second-order valence-corrected chi connectivity index (χ2v) is 6.62. The van der Waals surface area contributed by atoms with Gasteiger partial charge in [0.1, 0.15) is 0 Å². The molecule has 0 saturated heterocycles. The SMILES string of the molecule is CCOc1cc(/C=N\NCc2ccc(OC)c(OC)c2)cc(Cl)c1OC(C)C. The Kier molecular flexibility index (Phi) is 8.26. The monoisotopic (exact) mass is 406 g/mol. The highest BCUT2D eigenvalue weighted by Crippen LogP contribution is 2.37. The molecule has 0 atom stereocenters. The second kappa shape index (κ2) is 10.7. The van der Waals surface area contributed by atoms with Crippen molar-refractivity contribution in [2.24, 2.45) is 5.10 Å². The Morgan fingerprint density at radius 2 is 1.82 bits per heavy atom. The van der Waals surface area contributed by atoms with Crippen molar-refractivity contribution in [1.82, 2.24) is 5.43 Å². The normalized spacial score (nSPS) is 11.0. The zero-order valence-electron chi connectivity index (χ0n) is 16.9. The summed E-state index contributed by atoms with van der Waals surface area (Å²) < 4.78 is 22.0. The summed E-state index contributed by atoms with van der Waals surface area (Å²) in [6, 6.07) is 9.37. The first-order chi connectivity index (χ1) is 13.5. The van der Waals surface area contributed by atoms with E-state index in [-0.39, 0.29) is 6.10 Å². The molecule has 2 aromatic carbocycles. The van der Waals surface area contributed by atoms with Crippen LogP contribution in [0, 0.1) is 0 Å². The lowest BCUT2D eigenvalue weighted by molar-refractivity contribution is 0.224. The number of ether oxygens (including phenoxy) is 4. The van der Waals surface area contributed by atoms with Crippen LogP contribution in [0.15, 0.2) is 35.4 Å². The first kappa shape index (κ1) is 21.7. The minimum absolute atomic E-state index is 0.000576. The Hall–Kier alpha value is -2.60. The lowest BCUT2D eigenvalue weighted by Crippen LogP contribution is -2.09. The first-order valence-corrected chi connectivity index (χ1v) is 9.46. The smallest absolute Gasteiger partial charge is 0.180 e. The van der Waals surface area contributed by atoms with Crippen molar-refractivity contribution in [1.29, 1.82) is 0 Å². The summed E-state index contributed by atoms with van der Waals surface area (Å²) in [6.07, 6.45) is 1.69. The standard InChI is InChI=1S/C21H27ClN2O4/c1-6-27-20-11-16(9-17(22)21(20)28-14(2)3)13-24-23-12-15-7-8-18(25-4)19(10-15)26-5/h7-11,13-14,23H,6,12H2,1-5H3/b24-13-. The van der Waals surface area contributed by atoms with Gasteiger partial charge in [0, 0.05) is 0 Å². The lowest BCUT2D eigenvalue weighted by atomic mass is 10.2. The molecule has 6 nitrogen and oxygen atoms in total. The van der Waals surface area contributed by atoms with Crippen LogP contribution in [0.4, 0.5) is 0 Å². The molecule has 0 aliphatic carbocycles. The quantitative estimate of drug-likeness (QED) is 0.459. The van der Waals surface area contributed by atoms with E-state index in [4.69, 9.17) is 30.5 Å². The minimum Gasteiger partial charge on any atom is -0.493 e. The summed E-state index contributed by atoms with van der Waals surface area (Å²) in [6.45, 7) is 6.86. The molecule has 2 aromatic rings. The zero-order valence-corrected chi connectivity index (χ0v) is 17.7. The maximum absolute atomic E-state index is 6.37. The van der Waals surface area contributed by atoms with E-state index in [2.05, 4.69) is 10.5 Å². The molecule has 0 saturated carbocycles. The molecule has 0 bridgehead atoms. The van der Waals surface area contributed by atoms with Gasteiger partial charge in [0.15, 0.2) is 23.0 Å². The summed E-state index contributed by atoms with van der Waals surface area (Å²) in [5.74, 6) is 2.52. The molecule has 0 spiro atoms. The van der Waals surface area contributed by atoms with Crippen LogP contribution < -0.4 is 24.4 Å². The summed E-state index contributed by atoms with van der Waals surface area (Å²) in [4.78, 5) is 0. The van der Waals surface area contributed by atoms with E-state index < -0.39 is 0 Å². The van der Waals surface area contributed by atoms with Gasteiger partial charge in [-0.15, -0.1) is 0 Å². The number of nitrogens with zero attached hydrogens (tertiary/aromatic N) is 1. The third-order valence-electron chi connectivity index (χ3n) is 3.72. The topological polar surface area (TPSA) is 61.3 Å². The van der Waals surface area contributed by atoms with E-state index in [0.29, 0.717) is 41.2 Å². The second-order valence-electron chi connectivity index (χ2n) is 6.21. The van der Waals surface area contributed by atoms with Crippen molar-refractivity contribution in [2.45, 2.75) is 33.4 Å². The van der Waals surface area contributed by atoms with Crippen LogP contribution in [0.1, 0.15) is 31.9 Å². The molecule has 0 radical (unpaired) electrons. The van der Waals surface area contributed by atoms with Crippen LogP contribution in [0.5, 0.6) is 23.0 Å². The van der Waals surface area contributed by atoms with Crippen molar-refractivity contribution >= 4 is 17.8 Å². The third-order valence-corrected chi connectivity index (χ3v) is 4.00. The molecule has 28 heavy (non-hydrogen) atoms. The maximum atomic E-state index is 6.37. The van der Waals surface area contributed by atoms with E-state index in [1.165, 1.54) is 0 Å². The van der Waals surface area contributed by atoms with E-state index >= 15 is 0 Å². The van der Waals surface area contributed by atoms with E-state index in [1.807, 2.05) is 45.0 Å². The van der Waals surface area contributed by atoms with E-state index in [9.17, 15) is 0 Å². The highest BCUT2D eigenvalue weighted by molar-refractivity contribution is 6.32. The molecule has 0 amide bonds. The number of hydrazone groups is 1. The number of nitrogens with one attached hydrogen (secondary N) is 1. The number of halogens is 1. The van der Waals surface area contributed by atoms with Gasteiger partial charge in [-0.05, 0) is 56.2 Å². The van der Waals surface area contributed by atoms with Crippen molar-refractivity contribution in [2.75, 3.05) is 20.8 Å². The van der Waals surface area contributed by atoms with Gasteiger partial charge in [0.05, 0.1) is 44.7 Å². The Morgan fingerprint density at radius 3 is 2.46 bits per heavy atom. The molecule has 2 rings (SSSR count). The molecule has 0 aliphatic rings. The Bertz CT molecular complexity index is 809. The number of rotatable bonds is 10. The molecular weight excluding hydrogens is 380 g/mol. The van der Waals surface area contributed by atoms with Crippen LogP contribution in [0.3, 0.4) is 0 Å². The number of hydrogen-bond acceptors (Lipinski definition) is 6. The van der Waals surface area contributed by atoms with Crippen molar-refractivity contribution < 1.29 is 18.9 Å². The summed E-state index contributed by atoms with van der Waals surface area (Å²) in [5, 5.41) is 4.75. The Morgan fingerprint density at radius 1 is 1.07 bits per heavy atom. The van der Waals surface area contributed by atoms with Gasteiger partial charge in [-0.25, -0.2) is 0 Å². The van der Waals surface area contributed by atoms with Gasteiger partial charge in [-0.1, -0.05) is 17.7 Å². The van der Waals surface area contributed by atoms with Gasteiger partial charge in [-0.3, -0.25) is 0 Å². The third kappa shape index (κ3) is 5.96. The molecule has 0 aliphatic heterocycles. The van der Waals surface area contributed by atoms with Gasteiger partial charge in [0.2, 0.25) is 0 Å². The highest BCUT2D eigenvalue weighted by atomic mass is 35.5. The molecule has 152 valence electrons. The van der Waals surface area contributed by atoms with Gasteiger partial charge >= 0.3 is 0 Å². The van der Waals surface area contributed by atoms with Gasteiger partial charge in [0.25, 0.3) is 0 Å². The van der Waals surface area contributed by atoms with Crippen LogP contribution >= 0.6 is 11.6 Å². The highest BCUT2D eigenvalue weighted by Gasteiger charge is 2.13. The average Bonchev–Trinajstić information content (AvgIpc) is 2.67. The first-order valence-electron chi connectivity index (χ1n) is 9.08. The molecule has 0 aromatic heterocycles. The molecule has 1 N–H and O–H groups in total. The molecule has 7 heteroatoms. The largest absolute Gasteiger partial charge is 0.493 e. The predicted molar refractivity (Wildman–Crippen MR) is 112 cm³/mol. The predicted octanol–water partition coefficient (Wildman–Crippen LogP) is 4.67. The summed E-state index contributed by atoms with van der Waals surface area (Å²) >= 11 is 6.37. The summed E-state index contributed by atoms with van der Waals surface area (Å²) in [7, 11) is 3.22. The maximum Gasteiger partial charge on any atom is 0.180 e. The van der Waals surface area contributed by atoms with Crippen molar-refractivity contribution in [3.63, 3.8) is 0 Å². The van der Waals surface area contributed by atoms with Crippen LogP contribution in [0.2, 0.25) is 5.02 Å². The molecule has 0 fully saturated rings. The van der Waals surface area contributed by atoms with E-state index in [1.54, 1.807) is 26.5 Å². The van der Waals surface area contributed by atoms with Crippen molar-refractivity contribution in [3.05, 3.63) is 46.5 Å². The number of benzene rings is 2. The van der Waals surface area contributed by atoms with E-state index in [0.717, 1.165) is 11.1 Å². The summed E-state index contributed by atoms with van der Waals surface area (Å²) in [5.41, 5.74) is 4.84. The lowest BCUT2D eigenvalue weighted by Gasteiger charge is -2.16. The Balaban J connectivity index is 2.07. The molecular formula is C21H27ClN2O4. The number of hydrogen-bond donors (Lipinski definition) is 1. The zero-order chi connectivity index (χ0) is 20.5. The fourth-order valence-electron chi connectivity index (χ4n) is 2.52. The fourth-order valence-corrected chi connectivity index (χ4v) is 2.79. The Labute approximate surface area is 171 Å².